The van der Waals surface area contributed by atoms with Gasteiger partial charge >= 0.3 is 0 Å². The normalized spacial score (nSPS) is 27.7. The van der Waals surface area contributed by atoms with Crippen LogP contribution < -0.4 is 0 Å². The van der Waals surface area contributed by atoms with Gasteiger partial charge in [0.25, 0.3) is 0 Å². The minimum atomic E-state index is 0.0627. The first kappa shape index (κ1) is 26.9. The fourth-order valence-corrected chi connectivity index (χ4v) is 7.20. The van der Waals surface area contributed by atoms with Crippen molar-refractivity contribution < 1.29 is 4.74 Å². The van der Waals surface area contributed by atoms with E-state index in [2.05, 4.69) is 83.9 Å². The summed E-state index contributed by atoms with van der Waals surface area (Å²) in [6.07, 6.45) is 8.32. The first-order valence-electron chi connectivity index (χ1n) is 14.3. The van der Waals surface area contributed by atoms with E-state index in [1.165, 1.54) is 51.6 Å². The number of likely N-dealkylation sites (tertiary alicyclic amines) is 2. The highest BCUT2D eigenvalue weighted by Crippen LogP contribution is 2.58. The zero-order valence-corrected chi connectivity index (χ0v) is 24.5. The van der Waals surface area contributed by atoms with E-state index < -0.39 is 0 Å². The van der Waals surface area contributed by atoms with E-state index in [0.29, 0.717) is 10.8 Å². The van der Waals surface area contributed by atoms with Gasteiger partial charge in [-0.3, -0.25) is 14.7 Å². The summed E-state index contributed by atoms with van der Waals surface area (Å²) in [6.45, 7) is 32.1. The smallest absolute Gasteiger partial charge is 0.106 e. The van der Waals surface area contributed by atoms with Crippen molar-refractivity contribution >= 4 is 0 Å². The second-order valence-corrected chi connectivity index (χ2v) is 16.1. The lowest BCUT2D eigenvalue weighted by Crippen LogP contribution is -2.74. The molecule has 1 aliphatic carbocycles. The number of rotatable bonds is 5. The molecule has 0 amide bonds. The zero-order valence-electron chi connectivity index (χ0n) is 24.5. The van der Waals surface area contributed by atoms with Crippen molar-refractivity contribution in [3.63, 3.8) is 0 Å². The Kier molecular flexibility index (Phi) is 6.89. The Morgan fingerprint density at radius 3 is 1.68 bits per heavy atom. The summed E-state index contributed by atoms with van der Waals surface area (Å²) >= 11 is 0. The van der Waals surface area contributed by atoms with Crippen molar-refractivity contribution in [3.05, 3.63) is 0 Å². The summed E-state index contributed by atoms with van der Waals surface area (Å²) < 4.78 is 6.37. The van der Waals surface area contributed by atoms with Crippen molar-refractivity contribution in [2.75, 3.05) is 45.9 Å². The molecule has 0 radical (unpaired) electrons. The van der Waals surface area contributed by atoms with Gasteiger partial charge in [0, 0.05) is 42.8 Å². The first-order valence-corrected chi connectivity index (χ1v) is 14.3. The molecule has 3 saturated heterocycles. The third-order valence-corrected chi connectivity index (χ3v) is 10.6. The number of nitrogens with zero attached hydrogens (tertiary/aromatic N) is 3. The van der Waals surface area contributed by atoms with E-state index in [1.807, 2.05) is 0 Å². The summed E-state index contributed by atoms with van der Waals surface area (Å²) in [5.74, 6) is 0.941. The van der Waals surface area contributed by atoms with Crippen LogP contribution in [0.3, 0.4) is 0 Å². The fraction of sp³-hybridized carbons (Fsp3) is 1.00. The predicted octanol–water partition coefficient (Wildman–Crippen LogP) is 6.05. The highest BCUT2D eigenvalue weighted by Gasteiger charge is 2.53. The van der Waals surface area contributed by atoms with E-state index in [-0.39, 0.29) is 22.2 Å². The van der Waals surface area contributed by atoms with Gasteiger partial charge in [0.2, 0.25) is 0 Å². The van der Waals surface area contributed by atoms with E-state index >= 15 is 0 Å². The molecular formula is C30H57N3O. The number of hydrogen-bond acceptors (Lipinski definition) is 4. The van der Waals surface area contributed by atoms with Crippen LogP contribution in [0.5, 0.6) is 0 Å². The Morgan fingerprint density at radius 1 is 0.676 bits per heavy atom. The summed E-state index contributed by atoms with van der Waals surface area (Å²) in [5.41, 5.74) is 1.99. The van der Waals surface area contributed by atoms with E-state index in [1.54, 1.807) is 0 Å². The van der Waals surface area contributed by atoms with Crippen molar-refractivity contribution in [1.29, 1.82) is 0 Å². The average molecular weight is 476 g/mol. The summed E-state index contributed by atoms with van der Waals surface area (Å²) in [6, 6.07) is 0. The van der Waals surface area contributed by atoms with Crippen LogP contribution >= 0.6 is 0 Å². The molecule has 0 bridgehead atoms. The van der Waals surface area contributed by atoms with Crippen molar-refractivity contribution in [2.24, 2.45) is 16.7 Å². The van der Waals surface area contributed by atoms with Gasteiger partial charge in [0.15, 0.2) is 0 Å². The molecule has 4 aliphatic rings. The lowest BCUT2D eigenvalue weighted by Gasteiger charge is -2.60. The van der Waals surface area contributed by atoms with E-state index in [4.69, 9.17) is 4.74 Å². The van der Waals surface area contributed by atoms with Crippen molar-refractivity contribution in [1.82, 2.24) is 14.7 Å². The van der Waals surface area contributed by atoms with Crippen LogP contribution in [0.15, 0.2) is 0 Å². The molecule has 0 N–H and O–H groups in total. The fourth-order valence-electron chi connectivity index (χ4n) is 7.20. The van der Waals surface area contributed by atoms with E-state index in [0.717, 1.165) is 38.7 Å². The molecule has 0 aromatic rings. The Hall–Kier alpha value is -0.160. The molecule has 2 spiro atoms. The molecule has 4 rings (SSSR count). The molecule has 4 fully saturated rings. The molecule has 4 heteroatoms. The molecule has 3 heterocycles. The molecule has 0 atom stereocenters. The van der Waals surface area contributed by atoms with Gasteiger partial charge in [-0.15, -0.1) is 0 Å². The molecule has 3 aliphatic heterocycles. The standard InChI is InChI=1S/C30H57N3O/c1-25(2,3)24-19-29(20-24)13-15-31(16-14-29)27(7,8)11-12-28(9,10)32-17-18-34-30(21-32)22-33(23-30)26(4,5)6/h24H,11-23H2,1-10H3. The number of ether oxygens (including phenoxy) is 1. The Balaban J connectivity index is 1.26. The Labute approximate surface area is 212 Å². The Morgan fingerprint density at radius 2 is 1.18 bits per heavy atom. The van der Waals surface area contributed by atoms with Gasteiger partial charge in [-0.25, -0.2) is 0 Å². The van der Waals surface area contributed by atoms with Gasteiger partial charge in [0.1, 0.15) is 5.60 Å². The molecular weight excluding hydrogens is 418 g/mol. The van der Waals surface area contributed by atoms with Crippen LogP contribution in [0.25, 0.3) is 0 Å². The van der Waals surface area contributed by atoms with Gasteiger partial charge in [-0.2, -0.15) is 0 Å². The van der Waals surface area contributed by atoms with Gasteiger partial charge in [0.05, 0.1) is 6.61 Å². The highest BCUT2D eigenvalue weighted by molar-refractivity contribution is 5.07. The average Bonchev–Trinajstić information content (AvgIpc) is 2.67. The molecule has 0 aromatic heterocycles. The maximum absolute atomic E-state index is 6.37. The highest BCUT2D eigenvalue weighted by atomic mass is 16.5. The topological polar surface area (TPSA) is 19.0 Å². The lowest BCUT2D eigenvalue weighted by molar-refractivity contribution is -0.213. The van der Waals surface area contributed by atoms with Crippen LogP contribution in [0.1, 0.15) is 108 Å². The second-order valence-electron chi connectivity index (χ2n) is 16.1. The molecule has 1 saturated carbocycles. The van der Waals surface area contributed by atoms with Crippen molar-refractivity contribution in [2.45, 2.75) is 130 Å². The van der Waals surface area contributed by atoms with Gasteiger partial charge < -0.3 is 4.74 Å². The Bertz CT molecular complexity index is 706. The SMILES string of the molecule is CC(C)(C)C1CC2(CCN(C(C)(C)CCC(C)(C)N3CCOC4(CN(C(C)(C)C)C4)C3)CC2)C1. The van der Waals surface area contributed by atoms with Crippen LogP contribution in [0.4, 0.5) is 0 Å². The predicted molar refractivity (Wildman–Crippen MR) is 144 cm³/mol. The van der Waals surface area contributed by atoms with Crippen LogP contribution in [-0.2, 0) is 4.74 Å². The largest absolute Gasteiger partial charge is 0.370 e. The van der Waals surface area contributed by atoms with E-state index in [9.17, 15) is 0 Å². The molecule has 0 unspecified atom stereocenters. The third-order valence-electron chi connectivity index (χ3n) is 10.6. The number of morpholine rings is 1. The van der Waals surface area contributed by atoms with Crippen LogP contribution in [-0.4, -0.2) is 82.8 Å². The van der Waals surface area contributed by atoms with Crippen LogP contribution in [0, 0.1) is 16.7 Å². The quantitative estimate of drug-likeness (QED) is 0.482. The summed E-state index contributed by atoms with van der Waals surface area (Å²) in [7, 11) is 0. The summed E-state index contributed by atoms with van der Waals surface area (Å²) in [5, 5.41) is 0. The van der Waals surface area contributed by atoms with Gasteiger partial charge in [-0.1, -0.05) is 20.8 Å². The monoisotopic (exact) mass is 475 g/mol. The minimum Gasteiger partial charge on any atom is -0.370 e. The third kappa shape index (κ3) is 5.41. The molecule has 198 valence electrons. The zero-order chi connectivity index (χ0) is 25.2. The lowest BCUT2D eigenvalue weighted by atomic mass is 9.51. The van der Waals surface area contributed by atoms with Gasteiger partial charge in [-0.05, 0) is 117 Å². The minimum absolute atomic E-state index is 0.0627. The molecule has 4 nitrogen and oxygen atoms in total. The molecule has 34 heavy (non-hydrogen) atoms. The van der Waals surface area contributed by atoms with Crippen LogP contribution in [0.2, 0.25) is 0 Å². The number of piperidine rings is 1. The maximum atomic E-state index is 6.37. The summed E-state index contributed by atoms with van der Waals surface area (Å²) in [4.78, 5) is 8.15. The first-order chi connectivity index (χ1) is 15.5. The maximum Gasteiger partial charge on any atom is 0.106 e. The second kappa shape index (κ2) is 8.71. The number of hydrogen-bond donors (Lipinski definition) is 0. The van der Waals surface area contributed by atoms with Crippen molar-refractivity contribution in [3.8, 4) is 0 Å². The molecule has 0 aromatic carbocycles.